The van der Waals surface area contributed by atoms with Gasteiger partial charge in [-0.1, -0.05) is 0 Å². The summed E-state index contributed by atoms with van der Waals surface area (Å²) in [5.74, 6) is 3.47. The minimum absolute atomic E-state index is 0.867. The van der Waals surface area contributed by atoms with Gasteiger partial charge < -0.3 is 0 Å². The summed E-state index contributed by atoms with van der Waals surface area (Å²) in [6, 6.07) is 11.6. The predicted octanol–water partition coefficient (Wildman–Crippen LogP) is 16.6. The Morgan fingerprint density at radius 2 is 0.645 bits per heavy atom. The summed E-state index contributed by atoms with van der Waals surface area (Å²) in [5.41, 5.74) is 0. The average molecular weight is 1070 g/mol. The van der Waals surface area contributed by atoms with E-state index in [1.165, 1.54) is 124 Å². The van der Waals surface area contributed by atoms with Gasteiger partial charge in [0.2, 0.25) is 0 Å². The van der Waals surface area contributed by atoms with Crippen LogP contribution in [0, 0.1) is 23.7 Å². The second-order valence-electron chi connectivity index (χ2n) is 22.6. The van der Waals surface area contributed by atoms with Crippen molar-refractivity contribution in [2.24, 2.45) is 23.7 Å². The van der Waals surface area contributed by atoms with Crippen molar-refractivity contribution in [2.75, 3.05) is 0 Å². The van der Waals surface area contributed by atoms with Gasteiger partial charge in [-0.2, -0.15) is 0 Å². The monoisotopic (exact) mass is 1070 g/mol. The molecule has 0 spiro atoms. The quantitative estimate of drug-likeness (QED) is 0.0522. The van der Waals surface area contributed by atoms with Gasteiger partial charge in [0.25, 0.3) is 0 Å². The average Bonchev–Trinajstić information content (AvgIpc) is 4.09. The van der Waals surface area contributed by atoms with Crippen LogP contribution >= 0.6 is 45.3 Å². The number of thiophene rings is 4. The molecule has 0 fully saturated rings. The van der Waals surface area contributed by atoms with E-state index in [0.29, 0.717) is 0 Å². The zero-order valence-electron chi connectivity index (χ0n) is 42.4. The first-order valence-electron chi connectivity index (χ1n) is 26.2. The van der Waals surface area contributed by atoms with E-state index in [2.05, 4.69) is 164 Å². The Labute approximate surface area is 406 Å². The molecule has 0 nitrogen and oxygen atoms in total. The summed E-state index contributed by atoms with van der Waals surface area (Å²) >= 11 is 3.51. The molecule has 8 heteroatoms. The van der Waals surface area contributed by atoms with Crippen molar-refractivity contribution in [1.82, 2.24) is 0 Å². The molecule has 2 aliphatic rings. The van der Waals surface area contributed by atoms with Crippen LogP contribution in [0.4, 0.5) is 0 Å². The van der Waals surface area contributed by atoms with Gasteiger partial charge in [-0.25, -0.2) is 0 Å². The van der Waals surface area contributed by atoms with Crippen LogP contribution in [0.25, 0.3) is 29.3 Å². The molecule has 0 saturated heterocycles. The van der Waals surface area contributed by atoms with Gasteiger partial charge in [0.1, 0.15) is 0 Å². The fraction of sp³-hybridized carbons (Fsp3) is 0.704. The summed E-state index contributed by atoms with van der Waals surface area (Å²) in [6.07, 6.45) is 22.1. The van der Waals surface area contributed by atoms with Crippen molar-refractivity contribution in [1.29, 1.82) is 0 Å². The van der Waals surface area contributed by atoms with Crippen LogP contribution in [0.15, 0.2) is 24.3 Å². The van der Waals surface area contributed by atoms with Crippen molar-refractivity contribution >= 4 is 115 Å². The van der Waals surface area contributed by atoms with Crippen LogP contribution in [0.1, 0.15) is 158 Å². The molecule has 0 bridgehead atoms. The summed E-state index contributed by atoms with van der Waals surface area (Å²) in [6.45, 7) is 35.5. The summed E-state index contributed by atoms with van der Waals surface area (Å²) in [7, 11) is -2.91. The third-order valence-electron chi connectivity index (χ3n) is 15.8. The van der Waals surface area contributed by atoms with E-state index < -0.39 is 42.7 Å². The fourth-order valence-electron chi connectivity index (χ4n) is 11.7. The van der Waals surface area contributed by atoms with Gasteiger partial charge in [-0.3, -0.25) is 0 Å². The molecule has 0 radical (unpaired) electrons. The van der Waals surface area contributed by atoms with Crippen LogP contribution < -0.4 is 26.6 Å². The SMILES string of the molecule is CCCCC(CC)[CH2][Ge]1([CH2]C(CC)CCCC)[c]2cc(-c3c[c]4c(s3)-c3sc([Si](C)(C)C)c[c]3[Ge]4([CH2]C(CC)CCCC)[CH2]C(CC)CCCC)sc2-c2sc([Si](C)(C)C)c[c]21. The normalized spacial score (nSPS) is 20.3. The number of fused-ring (bicyclic) bond motifs is 6. The molecular formula is C54H90Ge2S4Si2. The van der Waals surface area contributed by atoms with Crippen LogP contribution in [-0.4, -0.2) is 42.7 Å². The van der Waals surface area contributed by atoms with Crippen LogP contribution in [0.5, 0.6) is 0 Å². The summed E-state index contributed by atoms with van der Waals surface area (Å²) < 4.78 is 11.3. The third kappa shape index (κ3) is 10.8. The van der Waals surface area contributed by atoms with E-state index in [-0.39, 0.29) is 0 Å². The Morgan fingerprint density at radius 3 is 0.887 bits per heavy atom. The van der Waals surface area contributed by atoms with E-state index in [1.807, 2.05) is 17.6 Å². The number of hydrogen-bond donors (Lipinski definition) is 0. The Kier molecular flexibility index (Phi) is 18.5. The molecule has 6 rings (SSSR count). The van der Waals surface area contributed by atoms with Crippen molar-refractivity contribution in [3.63, 3.8) is 0 Å². The summed E-state index contributed by atoms with van der Waals surface area (Å²) in [4.78, 5) is 10.4. The Morgan fingerprint density at radius 1 is 0.387 bits per heavy atom. The first-order chi connectivity index (χ1) is 29.6. The van der Waals surface area contributed by atoms with E-state index in [0.717, 1.165) is 23.7 Å². The first kappa shape index (κ1) is 51.7. The van der Waals surface area contributed by atoms with Gasteiger partial charge in [0, 0.05) is 0 Å². The zero-order chi connectivity index (χ0) is 45.0. The van der Waals surface area contributed by atoms with E-state index in [1.54, 1.807) is 38.3 Å². The molecule has 0 N–H and O–H groups in total. The Bertz CT molecular complexity index is 1850. The molecule has 4 unspecified atom stereocenters. The third-order valence-corrected chi connectivity index (χ3v) is 52.2. The van der Waals surface area contributed by atoms with Crippen molar-refractivity contribution in [3.05, 3.63) is 24.3 Å². The van der Waals surface area contributed by atoms with Crippen molar-refractivity contribution in [3.8, 4) is 29.3 Å². The van der Waals surface area contributed by atoms with Gasteiger partial charge in [-0.05, 0) is 0 Å². The van der Waals surface area contributed by atoms with Crippen molar-refractivity contribution in [2.45, 2.75) is 218 Å². The van der Waals surface area contributed by atoms with E-state index in [4.69, 9.17) is 0 Å². The van der Waals surface area contributed by atoms with Gasteiger partial charge >= 0.3 is 410 Å². The Hall–Kier alpha value is 0.319. The molecule has 2 aliphatic heterocycles. The standard InChI is InChI=1S/C54H90Ge2S4Si2/c1-15-23-27-39(19-5)35-55(36-40(20-6)28-24-16-2)43-31-47(57-51(43)53-45(55)33-49(59-53)61(9,10)11)48-32-44-52(58-48)54-46(34-50(60-54)62(12,13)14)56(44,37-41(21-7)29-25-17-3)38-42(22-8)30-26-18-4/h31-34,39-42H,15-30,35-38H2,1-14H3. The summed E-state index contributed by atoms with van der Waals surface area (Å²) in [5, 5.41) is 6.11. The van der Waals surface area contributed by atoms with Gasteiger partial charge in [-0.15, -0.1) is 0 Å². The maximum absolute atomic E-state index is 2.92. The molecule has 0 saturated carbocycles. The van der Waals surface area contributed by atoms with Crippen LogP contribution in [0.3, 0.4) is 0 Å². The molecule has 4 atom stereocenters. The molecule has 0 aliphatic carbocycles. The molecule has 0 amide bonds. The maximum atomic E-state index is 2.92. The second-order valence-corrected chi connectivity index (χ2v) is 54.6. The Balaban J connectivity index is 1.58. The predicted molar refractivity (Wildman–Crippen MR) is 303 cm³/mol. The fourth-order valence-corrected chi connectivity index (χ4v) is 53.9. The minimum atomic E-state index is -2.79. The number of hydrogen-bond acceptors (Lipinski definition) is 4. The first-order valence-corrected chi connectivity index (χ1v) is 46.6. The number of rotatable bonds is 27. The molecule has 4 aromatic rings. The molecule has 62 heavy (non-hydrogen) atoms. The molecule has 346 valence electrons. The van der Waals surface area contributed by atoms with Gasteiger partial charge in [0.05, 0.1) is 0 Å². The van der Waals surface area contributed by atoms with E-state index >= 15 is 0 Å². The number of unbranched alkanes of at least 4 members (excludes halogenated alkanes) is 4. The van der Waals surface area contributed by atoms with Crippen molar-refractivity contribution < 1.29 is 0 Å². The van der Waals surface area contributed by atoms with Gasteiger partial charge in [0.15, 0.2) is 0 Å². The second kappa shape index (κ2) is 22.2. The van der Waals surface area contributed by atoms with Crippen LogP contribution in [0.2, 0.25) is 60.3 Å². The zero-order valence-corrected chi connectivity index (χ0v) is 51.9. The molecular weight excluding hydrogens is 978 g/mol. The molecule has 4 aromatic heterocycles. The molecule has 0 aromatic carbocycles. The molecule has 6 heterocycles. The van der Waals surface area contributed by atoms with E-state index in [9.17, 15) is 0 Å². The topological polar surface area (TPSA) is 0 Å². The van der Waals surface area contributed by atoms with Crippen LogP contribution in [-0.2, 0) is 0 Å².